The molecule has 0 bridgehead atoms. The number of hydrogen-bond acceptors (Lipinski definition) is 3. The van der Waals surface area contributed by atoms with E-state index in [1.807, 2.05) is 18.5 Å². The summed E-state index contributed by atoms with van der Waals surface area (Å²) in [5, 5.41) is 7.79. The molecule has 0 aliphatic heterocycles. The molecule has 102 valence electrons. The zero-order valence-electron chi connectivity index (χ0n) is 12.0. The van der Waals surface area contributed by atoms with Gasteiger partial charge in [-0.3, -0.25) is 0 Å². The summed E-state index contributed by atoms with van der Waals surface area (Å²) >= 11 is 0. The first-order chi connectivity index (χ1) is 9.19. The Morgan fingerprint density at radius 1 is 1.11 bits per heavy atom. The van der Waals surface area contributed by atoms with E-state index in [1.54, 1.807) is 0 Å². The minimum Gasteiger partial charge on any atom is -0.313 e. The van der Waals surface area contributed by atoms with Crippen LogP contribution in [0.25, 0.3) is 0 Å². The van der Waals surface area contributed by atoms with Gasteiger partial charge in [-0.25, -0.2) is 9.67 Å². The maximum absolute atomic E-state index is 4.38. The first-order valence-electron chi connectivity index (χ1n) is 6.85. The van der Waals surface area contributed by atoms with E-state index in [-0.39, 0.29) is 0 Å². The molecule has 1 N–H and O–H groups in total. The van der Waals surface area contributed by atoms with Crippen molar-refractivity contribution in [2.45, 2.75) is 40.3 Å². The van der Waals surface area contributed by atoms with Crippen molar-refractivity contribution in [1.29, 1.82) is 0 Å². The fraction of sp³-hybridized carbons (Fsp3) is 0.467. The van der Waals surface area contributed by atoms with Crippen LogP contribution in [0.2, 0.25) is 0 Å². The van der Waals surface area contributed by atoms with Crippen molar-refractivity contribution < 1.29 is 0 Å². The van der Waals surface area contributed by atoms with Crippen LogP contribution in [-0.4, -0.2) is 21.3 Å². The smallest absolute Gasteiger partial charge is 0.147 e. The summed E-state index contributed by atoms with van der Waals surface area (Å²) in [7, 11) is 0. The summed E-state index contributed by atoms with van der Waals surface area (Å²) in [5.74, 6) is 1.80. The highest BCUT2D eigenvalue weighted by atomic mass is 15.3. The average Bonchev–Trinajstić information content (AvgIpc) is 2.70. The molecule has 1 heterocycles. The van der Waals surface area contributed by atoms with E-state index < -0.39 is 0 Å². The van der Waals surface area contributed by atoms with Crippen LogP contribution in [0.3, 0.4) is 0 Å². The molecule has 0 saturated heterocycles. The van der Waals surface area contributed by atoms with Gasteiger partial charge in [-0.15, -0.1) is 0 Å². The van der Waals surface area contributed by atoms with E-state index in [2.05, 4.69) is 46.6 Å². The van der Waals surface area contributed by atoms with E-state index in [0.717, 1.165) is 31.3 Å². The highest BCUT2D eigenvalue weighted by Crippen LogP contribution is 2.07. The maximum atomic E-state index is 4.38. The fourth-order valence-electron chi connectivity index (χ4n) is 2.06. The number of rotatable bonds is 6. The van der Waals surface area contributed by atoms with E-state index in [0.29, 0.717) is 0 Å². The summed E-state index contributed by atoms with van der Waals surface area (Å²) in [6.45, 7) is 8.89. The third-order valence-corrected chi connectivity index (χ3v) is 3.07. The number of nitrogens with zero attached hydrogens (tertiary/aromatic N) is 3. The zero-order valence-corrected chi connectivity index (χ0v) is 12.0. The molecule has 0 aliphatic rings. The van der Waals surface area contributed by atoms with E-state index in [9.17, 15) is 0 Å². The van der Waals surface area contributed by atoms with Crippen molar-refractivity contribution in [3.63, 3.8) is 0 Å². The van der Waals surface area contributed by atoms with Gasteiger partial charge in [-0.2, -0.15) is 5.10 Å². The minimum atomic E-state index is 0.787. The lowest BCUT2D eigenvalue weighted by molar-refractivity contribution is 0.654. The Hall–Kier alpha value is -1.68. The molecule has 4 nitrogen and oxygen atoms in total. The standard InChI is InChI=1S/C15H22N4/c1-4-9-16-10-14-5-7-15(8-6-14)11-19-13(3)17-12(2)18-19/h5-8,16H,4,9-11H2,1-3H3. The number of hydrogen-bond donors (Lipinski definition) is 1. The summed E-state index contributed by atoms with van der Waals surface area (Å²) in [6.07, 6.45) is 1.17. The third-order valence-electron chi connectivity index (χ3n) is 3.07. The summed E-state index contributed by atoms with van der Waals surface area (Å²) < 4.78 is 1.94. The van der Waals surface area contributed by atoms with E-state index >= 15 is 0 Å². The lowest BCUT2D eigenvalue weighted by Crippen LogP contribution is -2.13. The second-order valence-electron chi connectivity index (χ2n) is 4.86. The molecule has 0 fully saturated rings. The maximum Gasteiger partial charge on any atom is 0.147 e. The summed E-state index contributed by atoms with van der Waals surface area (Å²) in [6, 6.07) is 8.69. The number of aryl methyl sites for hydroxylation is 2. The SMILES string of the molecule is CCCNCc1ccc(Cn2nc(C)nc2C)cc1. The second kappa shape index (κ2) is 6.48. The van der Waals surface area contributed by atoms with E-state index in [4.69, 9.17) is 0 Å². The van der Waals surface area contributed by atoms with Crippen LogP contribution in [0.4, 0.5) is 0 Å². The predicted molar refractivity (Wildman–Crippen MR) is 77.0 cm³/mol. The molecule has 0 saturated carbocycles. The Bertz CT molecular complexity index is 513. The van der Waals surface area contributed by atoms with Gasteiger partial charge >= 0.3 is 0 Å². The Labute approximate surface area is 114 Å². The van der Waals surface area contributed by atoms with Gasteiger partial charge in [-0.05, 0) is 37.9 Å². The first-order valence-corrected chi connectivity index (χ1v) is 6.85. The van der Waals surface area contributed by atoms with Crippen molar-refractivity contribution in [2.75, 3.05) is 6.54 Å². The molecule has 0 spiro atoms. The van der Waals surface area contributed by atoms with Gasteiger partial charge in [0.05, 0.1) is 6.54 Å². The molecule has 0 radical (unpaired) electrons. The van der Waals surface area contributed by atoms with Crippen LogP contribution in [0.5, 0.6) is 0 Å². The second-order valence-corrected chi connectivity index (χ2v) is 4.86. The Kier molecular flexibility index (Phi) is 4.68. The van der Waals surface area contributed by atoms with Crippen molar-refractivity contribution in [3.05, 3.63) is 47.0 Å². The van der Waals surface area contributed by atoms with Gasteiger partial charge in [0.25, 0.3) is 0 Å². The quantitative estimate of drug-likeness (QED) is 0.809. The molecule has 0 unspecified atom stereocenters. The van der Waals surface area contributed by atoms with Crippen LogP contribution in [-0.2, 0) is 13.1 Å². The van der Waals surface area contributed by atoms with Gasteiger partial charge in [0.2, 0.25) is 0 Å². The monoisotopic (exact) mass is 258 g/mol. The van der Waals surface area contributed by atoms with Crippen LogP contribution in [0.15, 0.2) is 24.3 Å². The van der Waals surface area contributed by atoms with Crippen LogP contribution in [0.1, 0.15) is 36.1 Å². The van der Waals surface area contributed by atoms with E-state index in [1.165, 1.54) is 17.5 Å². The van der Waals surface area contributed by atoms with Gasteiger partial charge in [0, 0.05) is 6.54 Å². The van der Waals surface area contributed by atoms with Gasteiger partial charge in [0.15, 0.2) is 0 Å². The Balaban J connectivity index is 1.96. The van der Waals surface area contributed by atoms with Crippen LogP contribution in [0, 0.1) is 13.8 Å². The molecular weight excluding hydrogens is 236 g/mol. The van der Waals surface area contributed by atoms with Crippen LogP contribution >= 0.6 is 0 Å². The minimum absolute atomic E-state index is 0.787. The molecular formula is C15H22N4. The lowest BCUT2D eigenvalue weighted by atomic mass is 10.1. The predicted octanol–water partition coefficient (Wildman–Crippen LogP) is 2.44. The largest absolute Gasteiger partial charge is 0.313 e. The van der Waals surface area contributed by atoms with Gasteiger partial charge < -0.3 is 5.32 Å². The average molecular weight is 258 g/mol. The Morgan fingerprint density at radius 3 is 2.37 bits per heavy atom. The molecule has 4 heteroatoms. The molecule has 0 atom stereocenters. The van der Waals surface area contributed by atoms with Gasteiger partial charge in [-0.1, -0.05) is 31.2 Å². The number of aromatic nitrogens is 3. The fourth-order valence-corrected chi connectivity index (χ4v) is 2.06. The molecule has 0 amide bonds. The first kappa shape index (κ1) is 13.7. The molecule has 19 heavy (non-hydrogen) atoms. The molecule has 2 rings (SSSR count). The van der Waals surface area contributed by atoms with Crippen molar-refractivity contribution >= 4 is 0 Å². The topological polar surface area (TPSA) is 42.7 Å². The molecule has 1 aromatic heterocycles. The zero-order chi connectivity index (χ0) is 13.7. The lowest BCUT2D eigenvalue weighted by Gasteiger charge is -2.06. The Morgan fingerprint density at radius 2 is 1.79 bits per heavy atom. The van der Waals surface area contributed by atoms with Crippen LogP contribution < -0.4 is 5.32 Å². The van der Waals surface area contributed by atoms with Crippen molar-refractivity contribution in [3.8, 4) is 0 Å². The summed E-state index contributed by atoms with van der Waals surface area (Å²) in [4.78, 5) is 4.32. The molecule has 0 aliphatic carbocycles. The number of benzene rings is 1. The molecule has 1 aromatic carbocycles. The van der Waals surface area contributed by atoms with Crippen molar-refractivity contribution in [2.24, 2.45) is 0 Å². The van der Waals surface area contributed by atoms with Gasteiger partial charge in [0.1, 0.15) is 11.6 Å². The highest BCUT2D eigenvalue weighted by molar-refractivity contribution is 5.22. The summed E-state index contributed by atoms with van der Waals surface area (Å²) in [5.41, 5.74) is 2.58. The third kappa shape index (κ3) is 3.89. The normalized spacial score (nSPS) is 10.9. The number of nitrogens with one attached hydrogen (secondary N) is 1. The highest BCUT2D eigenvalue weighted by Gasteiger charge is 2.03. The molecule has 2 aromatic rings. The van der Waals surface area contributed by atoms with Crippen molar-refractivity contribution in [1.82, 2.24) is 20.1 Å².